The van der Waals surface area contributed by atoms with E-state index < -0.39 is 0 Å². The minimum absolute atomic E-state index is 0.868. The fourth-order valence-electron chi connectivity index (χ4n) is 2.22. The average molecular weight is 264 g/mol. The van der Waals surface area contributed by atoms with E-state index in [2.05, 4.69) is 54.1 Å². The first kappa shape index (κ1) is 15.9. The second-order valence-electron chi connectivity index (χ2n) is 5.22. The molecule has 0 fully saturated rings. The lowest BCUT2D eigenvalue weighted by Gasteiger charge is -2.26. The maximum Gasteiger partial charge on any atom is 0.0445 e. The summed E-state index contributed by atoms with van der Waals surface area (Å²) in [5, 5.41) is 3.22. The lowest BCUT2D eigenvalue weighted by Crippen LogP contribution is -2.28. The Balaban J connectivity index is 2.80. The Kier molecular flexibility index (Phi) is 6.81. The molecule has 1 aromatic rings. The van der Waals surface area contributed by atoms with E-state index in [0.717, 1.165) is 31.9 Å². The minimum Gasteiger partial charge on any atom is -0.371 e. The van der Waals surface area contributed by atoms with Crippen LogP contribution in [-0.2, 0) is 6.54 Å². The van der Waals surface area contributed by atoms with Gasteiger partial charge in [0.05, 0.1) is 0 Å². The van der Waals surface area contributed by atoms with Gasteiger partial charge >= 0.3 is 0 Å². The highest BCUT2D eigenvalue weighted by molar-refractivity contribution is 5.53. The highest BCUT2D eigenvalue weighted by Gasteiger charge is 2.10. The van der Waals surface area contributed by atoms with E-state index in [9.17, 15) is 0 Å². The zero-order valence-electron chi connectivity index (χ0n) is 13.0. The summed E-state index contributed by atoms with van der Waals surface area (Å²) in [6, 6.07) is 2.20. The normalized spacial score (nSPS) is 11.1. The predicted molar refractivity (Wildman–Crippen MR) is 82.8 cm³/mol. The standard InChI is InChI=1S/C15H28N4/c1-6-19(9-7-8-18(4)5)15-10-13(2)17-12-14(15)11-16-3/h10,12,16H,6-9,11H2,1-5H3. The maximum atomic E-state index is 4.41. The Bertz CT molecular complexity index is 376. The van der Waals surface area contributed by atoms with Crippen molar-refractivity contribution >= 4 is 5.69 Å². The molecule has 0 radical (unpaired) electrons. The van der Waals surface area contributed by atoms with Gasteiger partial charge in [0.25, 0.3) is 0 Å². The second-order valence-corrected chi connectivity index (χ2v) is 5.22. The number of hydrogen-bond acceptors (Lipinski definition) is 4. The fourth-order valence-corrected chi connectivity index (χ4v) is 2.22. The van der Waals surface area contributed by atoms with Crippen LogP contribution in [0.3, 0.4) is 0 Å². The highest BCUT2D eigenvalue weighted by Crippen LogP contribution is 2.21. The van der Waals surface area contributed by atoms with Crippen molar-refractivity contribution in [3.8, 4) is 0 Å². The van der Waals surface area contributed by atoms with Gasteiger partial charge in [0, 0.05) is 42.8 Å². The number of nitrogens with one attached hydrogen (secondary N) is 1. The van der Waals surface area contributed by atoms with Crippen LogP contribution in [0.1, 0.15) is 24.6 Å². The van der Waals surface area contributed by atoms with Crippen LogP contribution in [0.2, 0.25) is 0 Å². The van der Waals surface area contributed by atoms with Gasteiger partial charge in [-0.25, -0.2) is 0 Å². The Hall–Kier alpha value is -1.13. The predicted octanol–water partition coefficient (Wildman–Crippen LogP) is 1.89. The molecular formula is C15H28N4. The lowest BCUT2D eigenvalue weighted by atomic mass is 10.1. The van der Waals surface area contributed by atoms with Crippen molar-refractivity contribution in [3.63, 3.8) is 0 Å². The molecule has 4 heteroatoms. The quantitative estimate of drug-likeness (QED) is 0.777. The molecule has 0 amide bonds. The van der Waals surface area contributed by atoms with Gasteiger partial charge in [0.1, 0.15) is 0 Å². The van der Waals surface area contributed by atoms with Gasteiger partial charge in [0.2, 0.25) is 0 Å². The highest BCUT2D eigenvalue weighted by atomic mass is 15.1. The van der Waals surface area contributed by atoms with Crippen molar-refractivity contribution in [2.24, 2.45) is 0 Å². The summed E-state index contributed by atoms with van der Waals surface area (Å²) >= 11 is 0. The van der Waals surface area contributed by atoms with Crippen LogP contribution in [0, 0.1) is 6.92 Å². The molecule has 0 bridgehead atoms. The summed E-state index contributed by atoms with van der Waals surface area (Å²) in [4.78, 5) is 9.09. The minimum atomic E-state index is 0.868. The van der Waals surface area contributed by atoms with Gasteiger partial charge < -0.3 is 15.1 Å². The van der Waals surface area contributed by atoms with Gasteiger partial charge in [-0.2, -0.15) is 0 Å². The second kappa shape index (κ2) is 8.12. The van der Waals surface area contributed by atoms with Crippen LogP contribution in [0.4, 0.5) is 5.69 Å². The third-order valence-corrected chi connectivity index (χ3v) is 3.22. The maximum absolute atomic E-state index is 4.41. The van der Waals surface area contributed by atoms with E-state index in [1.165, 1.54) is 17.7 Å². The first-order valence-electron chi connectivity index (χ1n) is 7.08. The molecule has 4 nitrogen and oxygen atoms in total. The number of aryl methyl sites for hydroxylation is 1. The van der Waals surface area contributed by atoms with Gasteiger partial charge in [-0.15, -0.1) is 0 Å². The number of pyridine rings is 1. The Morgan fingerprint density at radius 3 is 2.58 bits per heavy atom. The molecule has 0 atom stereocenters. The molecule has 0 unspecified atom stereocenters. The zero-order valence-corrected chi connectivity index (χ0v) is 13.0. The smallest absolute Gasteiger partial charge is 0.0445 e. The third-order valence-electron chi connectivity index (χ3n) is 3.22. The molecule has 0 saturated heterocycles. The van der Waals surface area contributed by atoms with E-state index in [-0.39, 0.29) is 0 Å². The Morgan fingerprint density at radius 2 is 2.00 bits per heavy atom. The first-order valence-corrected chi connectivity index (χ1v) is 7.08. The Morgan fingerprint density at radius 1 is 1.26 bits per heavy atom. The monoisotopic (exact) mass is 264 g/mol. The van der Waals surface area contributed by atoms with E-state index >= 15 is 0 Å². The van der Waals surface area contributed by atoms with Crippen molar-refractivity contribution in [2.75, 3.05) is 45.7 Å². The SMILES string of the molecule is CCN(CCCN(C)C)c1cc(C)ncc1CNC. The summed E-state index contributed by atoms with van der Waals surface area (Å²) in [7, 11) is 6.23. The van der Waals surface area contributed by atoms with Crippen molar-refractivity contribution < 1.29 is 0 Å². The van der Waals surface area contributed by atoms with Crippen molar-refractivity contribution in [1.82, 2.24) is 15.2 Å². The van der Waals surface area contributed by atoms with Gasteiger partial charge in [-0.1, -0.05) is 0 Å². The van der Waals surface area contributed by atoms with Crippen LogP contribution < -0.4 is 10.2 Å². The largest absolute Gasteiger partial charge is 0.371 e. The molecule has 108 valence electrons. The summed E-state index contributed by atoms with van der Waals surface area (Å²) in [6.45, 7) is 8.39. The van der Waals surface area contributed by atoms with Crippen LogP contribution in [-0.4, -0.2) is 50.7 Å². The van der Waals surface area contributed by atoms with Crippen LogP contribution >= 0.6 is 0 Å². The molecule has 0 aliphatic rings. The topological polar surface area (TPSA) is 31.4 Å². The molecule has 19 heavy (non-hydrogen) atoms. The number of nitrogens with zero attached hydrogens (tertiary/aromatic N) is 3. The number of anilines is 1. The van der Waals surface area contributed by atoms with Crippen molar-refractivity contribution in [3.05, 3.63) is 23.5 Å². The summed E-state index contributed by atoms with van der Waals surface area (Å²) in [5.41, 5.74) is 3.68. The molecule has 0 aliphatic carbocycles. The fraction of sp³-hybridized carbons (Fsp3) is 0.667. The molecule has 0 spiro atoms. The molecule has 0 saturated carbocycles. The number of rotatable bonds is 8. The summed E-state index contributed by atoms with van der Waals surface area (Å²) in [6.07, 6.45) is 3.18. The van der Waals surface area contributed by atoms with Gasteiger partial charge in [-0.3, -0.25) is 4.98 Å². The molecule has 0 aliphatic heterocycles. The van der Waals surface area contributed by atoms with E-state index in [1.54, 1.807) is 0 Å². The first-order chi connectivity index (χ1) is 9.08. The molecule has 1 aromatic heterocycles. The molecule has 0 aromatic carbocycles. The van der Waals surface area contributed by atoms with Crippen molar-refractivity contribution in [1.29, 1.82) is 0 Å². The average Bonchev–Trinajstić information content (AvgIpc) is 2.37. The molecule has 1 rings (SSSR count). The Labute approximate surface area is 117 Å². The van der Waals surface area contributed by atoms with E-state index in [0.29, 0.717) is 0 Å². The van der Waals surface area contributed by atoms with E-state index in [4.69, 9.17) is 0 Å². The van der Waals surface area contributed by atoms with Crippen LogP contribution in [0.15, 0.2) is 12.3 Å². The van der Waals surface area contributed by atoms with Crippen molar-refractivity contribution in [2.45, 2.75) is 26.8 Å². The number of hydrogen-bond donors (Lipinski definition) is 1. The molecular weight excluding hydrogens is 236 g/mol. The summed E-state index contributed by atoms with van der Waals surface area (Å²) < 4.78 is 0. The number of aromatic nitrogens is 1. The molecule has 1 heterocycles. The lowest BCUT2D eigenvalue weighted by molar-refractivity contribution is 0.400. The van der Waals surface area contributed by atoms with Gasteiger partial charge in [0.15, 0.2) is 0 Å². The zero-order chi connectivity index (χ0) is 14.3. The molecule has 1 N–H and O–H groups in total. The third kappa shape index (κ3) is 5.17. The van der Waals surface area contributed by atoms with E-state index in [1.807, 2.05) is 13.2 Å². The van der Waals surface area contributed by atoms with Gasteiger partial charge in [-0.05, 0) is 54.0 Å². The summed E-state index contributed by atoms with van der Waals surface area (Å²) in [5.74, 6) is 0. The van der Waals surface area contributed by atoms with Crippen LogP contribution in [0.5, 0.6) is 0 Å². The van der Waals surface area contributed by atoms with Crippen LogP contribution in [0.25, 0.3) is 0 Å².